The predicted octanol–water partition coefficient (Wildman–Crippen LogP) is 3.53. The van der Waals surface area contributed by atoms with Crippen LogP contribution in [0.1, 0.15) is 0 Å². The van der Waals surface area contributed by atoms with Crippen LogP contribution in [0.2, 0.25) is 0 Å². The molecule has 1 aromatic carbocycles. The Morgan fingerprint density at radius 1 is 0.600 bits per heavy atom. The van der Waals surface area contributed by atoms with E-state index in [1.165, 1.54) is 0 Å². The van der Waals surface area contributed by atoms with E-state index in [2.05, 4.69) is 0 Å². The fourth-order valence-corrected chi connectivity index (χ4v) is 0.495. The van der Waals surface area contributed by atoms with Crippen LogP contribution in [0.3, 0.4) is 0 Å². The Kier molecular flexibility index (Phi) is 14.1. The number of hydrogen-bond acceptors (Lipinski definition) is 0. The van der Waals surface area contributed by atoms with Gasteiger partial charge in [-0.1, -0.05) is 0 Å². The van der Waals surface area contributed by atoms with Gasteiger partial charge in [0.2, 0.25) is 0 Å². The summed E-state index contributed by atoms with van der Waals surface area (Å²) in [6.07, 6.45) is 0. The van der Waals surface area contributed by atoms with E-state index in [0.29, 0.717) is 0 Å². The van der Waals surface area contributed by atoms with E-state index in [9.17, 15) is 22.0 Å². The molecule has 0 heterocycles. The average Bonchev–Trinajstić information content (AvgIpc) is 1.97. The van der Waals surface area contributed by atoms with Crippen molar-refractivity contribution in [2.75, 3.05) is 0 Å². The monoisotopic (exact) mass is 407 g/mol. The van der Waals surface area contributed by atoms with Crippen molar-refractivity contribution in [2.45, 2.75) is 0 Å². The summed E-state index contributed by atoms with van der Waals surface area (Å²) >= 11 is 0. The van der Waals surface area contributed by atoms with Crippen LogP contribution in [-0.2, 0) is 21.1 Å². The van der Waals surface area contributed by atoms with E-state index >= 15 is 0 Å². The molecule has 6 heteroatoms. The third-order valence-electron chi connectivity index (χ3n) is 0.990. The molecule has 0 aliphatic carbocycles. The summed E-state index contributed by atoms with van der Waals surface area (Å²) in [7, 11) is 0. The minimum atomic E-state index is -2.17. The largest absolute Gasteiger partial charge is 4.00 e. The van der Waals surface area contributed by atoms with Gasteiger partial charge in [0.15, 0.2) is 0 Å². The van der Waals surface area contributed by atoms with Crippen molar-refractivity contribution in [1.29, 1.82) is 0 Å². The van der Waals surface area contributed by atoms with Crippen molar-refractivity contribution >= 4 is 0 Å². The molecule has 0 saturated heterocycles. The van der Waals surface area contributed by atoms with E-state index in [4.69, 9.17) is 0 Å². The van der Waals surface area contributed by atoms with Gasteiger partial charge in [-0.2, -0.15) is 0 Å². The van der Waals surface area contributed by atoms with Crippen LogP contribution in [-0.4, -0.2) is 0 Å². The second-order valence-electron chi connectivity index (χ2n) is 1.69. The fraction of sp³-hybridized carbons (Fsp3) is 0. The van der Waals surface area contributed by atoms with Gasteiger partial charge in [-0.05, 0) is 0 Å². The number of rotatable bonds is 0. The summed E-state index contributed by atoms with van der Waals surface area (Å²) in [6.45, 7) is 0. The Morgan fingerprint density at radius 3 is 1.13 bits per heavy atom. The van der Waals surface area contributed by atoms with Gasteiger partial charge in [0.05, 0.1) is 29.1 Å². The summed E-state index contributed by atoms with van der Waals surface area (Å²) in [5, 5.41) is 0. The first-order valence-electron chi connectivity index (χ1n) is 2.44. The van der Waals surface area contributed by atoms with E-state index < -0.39 is 29.1 Å². The second-order valence-corrected chi connectivity index (χ2v) is 1.69. The van der Waals surface area contributed by atoms with Crippen molar-refractivity contribution in [1.82, 2.24) is 0 Å². The summed E-state index contributed by atoms with van der Waals surface area (Å²) in [4.78, 5) is 0. The maximum Gasteiger partial charge on any atom is 4.00 e. The molecule has 0 spiro atoms. The Labute approximate surface area is 101 Å². The summed E-state index contributed by atoms with van der Waals surface area (Å²) in [5.41, 5.74) is 0. The normalized spacial score (nSPS) is 7.53. The van der Waals surface area contributed by atoms with E-state index in [1.54, 1.807) is 0 Å². The summed E-state index contributed by atoms with van der Waals surface area (Å²) < 4.78 is 59.9. The standard InChI is InChI=1S/C6F5.3CH3.Pt/c7-2-1-3(8)5(10)6(11)4(2)9;;;;/h;3*1H3;/q4*-1;+4. The Morgan fingerprint density at radius 2 is 0.867 bits per heavy atom. The van der Waals surface area contributed by atoms with Crippen molar-refractivity contribution in [3.05, 3.63) is 57.4 Å². The molecule has 0 fully saturated rings. The third kappa shape index (κ3) is 4.74. The molecule has 0 amide bonds. The SMILES string of the molecule is Fc1[c-]c(F)c(F)c(F)c1F.[CH3-].[CH3-].[CH3-].[Pt+4]. The number of benzene rings is 1. The molecule has 0 aliphatic rings. The Hall–Kier alpha value is -0.442. The van der Waals surface area contributed by atoms with Gasteiger partial charge < -0.3 is 22.3 Å². The molecule has 0 aliphatic heterocycles. The van der Waals surface area contributed by atoms with Gasteiger partial charge in [0, 0.05) is 0 Å². The van der Waals surface area contributed by atoms with E-state index in [1.807, 2.05) is 0 Å². The second kappa shape index (κ2) is 8.83. The molecule has 1 rings (SSSR count). The maximum atomic E-state index is 12.0. The molecule has 0 bridgehead atoms. The molecule has 0 aromatic heterocycles. The van der Waals surface area contributed by atoms with Gasteiger partial charge in [-0.15, -0.1) is 6.07 Å². The number of halogens is 5. The third-order valence-corrected chi connectivity index (χ3v) is 0.990. The van der Waals surface area contributed by atoms with Gasteiger partial charge in [0.1, 0.15) is 0 Å². The fourth-order valence-electron chi connectivity index (χ4n) is 0.495. The molecule has 0 saturated carbocycles. The smallest absolute Gasteiger partial charge is 0.358 e. The zero-order chi connectivity index (χ0) is 8.59. The van der Waals surface area contributed by atoms with Crippen LogP contribution in [0.15, 0.2) is 0 Å². The minimum Gasteiger partial charge on any atom is -0.358 e. The predicted molar refractivity (Wildman–Crippen MR) is 44.3 cm³/mol. The molecular weight excluding hydrogens is 398 g/mol. The quantitative estimate of drug-likeness (QED) is 0.267. The maximum absolute atomic E-state index is 12.0. The first-order valence-corrected chi connectivity index (χ1v) is 2.44. The molecule has 15 heavy (non-hydrogen) atoms. The van der Waals surface area contributed by atoms with Gasteiger partial charge in [0.25, 0.3) is 0 Å². The van der Waals surface area contributed by atoms with Crippen LogP contribution in [0.5, 0.6) is 0 Å². The van der Waals surface area contributed by atoms with Crippen molar-refractivity contribution in [2.24, 2.45) is 0 Å². The van der Waals surface area contributed by atoms with Gasteiger partial charge >= 0.3 is 21.1 Å². The average molecular weight is 407 g/mol. The van der Waals surface area contributed by atoms with Crippen molar-refractivity contribution in [3.8, 4) is 0 Å². The molecule has 0 atom stereocenters. The van der Waals surface area contributed by atoms with Gasteiger partial charge in [-0.25, -0.2) is 13.2 Å². The molecular formula is C9H9F5Pt. The van der Waals surface area contributed by atoms with Crippen molar-refractivity contribution in [3.63, 3.8) is 0 Å². The minimum absolute atomic E-state index is 0. The molecule has 0 nitrogen and oxygen atoms in total. The topological polar surface area (TPSA) is 0 Å². The number of hydrogen-bond donors (Lipinski definition) is 0. The Bertz CT molecular complexity index is 275. The molecule has 0 N–H and O–H groups in total. The van der Waals surface area contributed by atoms with E-state index in [-0.39, 0.29) is 43.3 Å². The van der Waals surface area contributed by atoms with Crippen LogP contribution in [0, 0.1) is 57.4 Å². The zero-order valence-corrected chi connectivity index (χ0v) is 10.5. The summed E-state index contributed by atoms with van der Waals surface area (Å²) in [5.74, 6) is -10.0. The summed E-state index contributed by atoms with van der Waals surface area (Å²) in [6, 6.07) is 1.02. The van der Waals surface area contributed by atoms with Crippen LogP contribution in [0.25, 0.3) is 0 Å². The van der Waals surface area contributed by atoms with E-state index in [0.717, 1.165) is 6.07 Å². The first-order chi connectivity index (χ1) is 5.04. The van der Waals surface area contributed by atoms with Crippen molar-refractivity contribution < 1.29 is 43.0 Å². The zero-order valence-electron chi connectivity index (χ0n) is 8.21. The Balaban J connectivity index is -0.000000151. The van der Waals surface area contributed by atoms with Crippen LogP contribution < -0.4 is 0 Å². The van der Waals surface area contributed by atoms with Crippen LogP contribution >= 0.6 is 0 Å². The first kappa shape index (κ1) is 24.0. The molecule has 0 radical (unpaired) electrons. The van der Waals surface area contributed by atoms with Crippen LogP contribution in [0.4, 0.5) is 22.0 Å². The molecule has 0 unspecified atom stereocenters. The van der Waals surface area contributed by atoms with Gasteiger partial charge in [-0.3, -0.25) is 8.78 Å². The molecule has 90 valence electrons. The molecule has 1 aromatic rings.